The maximum atomic E-state index is 12.1. The minimum absolute atomic E-state index is 0.167. The standard InChI is InChI=1S/C17H23NO3/c1-21-9-8-18-17(16(19)20)14-6-7-15(17)11-13-5-3-2-4-12(13)10-14/h2-5,14-15,18H,6-11H2,1H3,(H,19,20). The second-order valence-electron chi connectivity index (χ2n) is 6.24. The van der Waals surface area contributed by atoms with Crippen LogP contribution in [0.3, 0.4) is 0 Å². The van der Waals surface area contributed by atoms with Gasteiger partial charge in [0.05, 0.1) is 6.61 Å². The van der Waals surface area contributed by atoms with Gasteiger partial charge in [0, 0.05) is 13.7 Å². The van der Waals surface area contributed by atoms with Crippen LogP contribution in [0.2, 0.25) is 0 Å². The monoisotopic (exact) mass is 289 g/mol. The van der Waals surface area contributed by atoms with Gasteiger partial charge in [0.1, 0.15) is 5.54 Å². The quantitative estimate of drug-likeness (QED) is 0.813. The second-order valence-corrected chi connectivity index (χ2v) is 6.24. The van der Waals surface area contributed by atoms with Crippen LogP contribution in [0.5, 0.6) is 0 Å². The van der Waals surface area contributed by atoms with Crippen LogP contribution in [0, 0.1) is 11.8 Å². The summed E-state index contributed by atoms with van der Waals surface area (Å²) in [7, 11) is 1.65. The fourth-order valence-corrected chi connectivity index (χ4v) is 4.28. The van der Waals surface area contributed by atoms with E-state index in [1.54, 1.807) is 7.11 Å². The van der Waals surface area contributed by atoms with E-state index in [-0.39, 0.29) is 11.8 Å². The first kappa shape index (κ1) is 14.5. The Balaban J connectivity index is 1.93. The Kier molecular flexibility index (Phi) is 4.00. The maximum absolute atomic E-state index is 12.1. The third-order valence-electron chi connectivity index (χ3n) is 5.28. The SMILES string of the molecule is COCCNC1(C(=O)O)C2CCC1Cc1ccccc1C2. The lowest BCUT2D eigenvalue weighted by Gasteiger charge is -2.36. The molecule has 0 saturated heterocycles. The van der Waals surface area contributed by atoms with Crippen molar-refractivity contribution >= 4 is 5.97 Å². The number of hydrogen-bond acceptors (Lipinski definition) is 3. The molecule has 0 radical (unpaired) electrons. The number of carbonyl (C=O) groups is 1. The molecule has 4 heteroatoms. The predicted octanol–water partition coefficient (Wildman–Crippen LogP) is 1.87. The van der Waals surface area contributed by atoms with Crippen molar-refractivity contribution in [1.82, 2.24) is 5.32 Å². The summed E-state index contributed by atoms with van der Waals surface area (Å²) >= 11 is 0. The first-order valence-electron chi connectivity index (χ1n) is 7.72. The topological polar surface area (TPSA) is 58.6 Å². The molecule has 1 saturated carbocycles. The number of ether oxygens (including phenoxy) is 1. The highest BCUT2D eigenvalue weighted by atomic mass is 16.5. The third-order valence-corrected chi connectivity index (χ3v) is 5.28. The molecule has 2 aliphatic carbocycles. The predicted molar refractivity (Wildman–Crippen MR) is 80.3 cm³/mol. The lowest BCUT2D eigenvalue weighted by atomic mass is 9.78. The van der Waals surface area contributed by atoms with Crippen molar-refractivity contribution in [2.75, 3.05) is 20.3 Å². The Morgan fingerprint density at radius 2 is 1.86 bits per heavy atom. The summed E-state index contributed by atoms with van der Waals surface area (Å²) in [4.78, 5) is 12.1. The molecular weight excluding hydrogens is 266 g/mol. The molecule has 4 nitrogen and oxygen atoms in total. The lowest BCUT2D eigenvalue weighted by Crippen LogP contribution is -2.60. The van der Waals surface area contributed by atoms with Crippen molar-refractivity contribution < 1.29 is 14.6 Å². The number of hydrogen-bond donors (Lipinski definition) is 2. The normalized spacial score (nSPS) is 30.7. The van der Waals surface area contributed by atoms with E-state index in [1.165, 1.54) is 11.1 Å². The van der Waals surface area contributed by atoms with Gasteiger partial charge in [0.2, 0.25) is 0 Å². The molecule has 2 N–H and O–H groups in total. The van der Waals surface area contributed by atoms with Gasteiger partial charge in [-0.25, -0.2) is 0 Å². The molecule has 1 aromatic carbocycles. The Morgan fingerprint density at radius 1 is 1.29 bits per heavy atom. The zero-order valence-electron chi connectivity index (χ0n) is 12.5. The van der Waals surface area contributed by atoms with Gasteiger partial charge in [-0.2, -0.15) is 0 Å². The Bertz CT molecular complexity index is 496. The highest BCUT2D eigenvalue weighted by molar-refractivity contribution is 5.81. The van der Waals surface area contributed by atoms with Crippen LogP contribution in [-0.2, 0) is 22.4 Å². The fourth-order valence-electron chi connectivity index (χ4n) is 4.28. The highest BCUT2D eigenvalue weighted by Gasteiger charge is 2.56. The molecule has 2 aliphatic rings. The number of benzene rings is 1. The number of carboxylic acid groups (broad SMARTS) is 1. The third kappa shape index (κ3) is 2.36. The average Bonchev–Trinajstić information content (AvgIpc) is 2.72. The van der Waals surface area contributed by atoms with Gasteiger partial charge in [0.25, 0.3) is 0 Å². The zero-order valence-corrected chi connectivity index (χ0v) is 12.5. The fraction of sp³-hybridized carbons (Fsp3) is 0.588. The van der Waals surface area contributed by atoms with E-state index in [1.807, 2.05) is 0 Å². The number of carboxylic acids is 1. The molecule has 21 heavy (non-hydrogen) atoms. The zero-order chi connectivity index (χ0) is 14.9. The highest BCUT2D eigenvalue weighted by Crippen LogP contribution is 2.47. The number of aliphatic carboxylic acids is 1. The van der Waals surface area contributed by atoms with Crippen LogP contribution in [0.4, 0.5) is 0 Å². The second kappa shape index (κ2) is 5.78. The molecule has 1 aromatic rings. The van der Waals surface area contributed by atoms with Gasteiger partial charge >= 0.3 is 5.97 Å². The van der Waals surface area contributed by atoms with Gasteiger partial charge < -0.3 is 9.84 Å². The Labute approximate surface area is 125 Å². The van der Waals surface area contributed by atoms with Crippen molar-refractivity contribution in [2.45, 2.75) is 31.2 Å². The summed E-state index contributed by atoms with van der Waals surface area (Å²) in [6.07, 6.45) is 3.70. The van der Waals surface area contributed by atoms with Gasteiger partial charge in [-0.1, -0.05) is 24.3 Å². The molecule has 0 amide bonds. The first-order valence-corrected chi connectivity index (χ1v) is 7.72. The Hall–Kier alpha value is -1.39. The number of fused-ring (bicyclic) bond motifs is 3. The summed E-state index contributed by atoms with van der Waals surface area (Å²) in [5, 5.41) is 13.3. The van der Waals surface area contributed by atoms with E-state index in [9.17, 15) is 9.90 Å². The molecule has 0 aliphatic heterocycles. The number of methoxy groups -OCH3 is 1. The lowest BCUT2D eigenvalue weighted by molar-refractivity contribution is -0.148. The molecule has 2 bridgehead atoms. The molecule has 0 spiro atoms. The van der Waals surface area contributed by atoms with E-state index in [0.29, 0.717) is 13.2 Å². The minimum Gasteiger partial charge on any atom is -0.480 e. The molecule has 2 unspecified atom stereocenters. The molecule has 3 rings (SSSR count). The summed E-state index contributed by atoms with van der Waals surface area (Å²) in [6, 6.07) is 8.41. The summed E-state index contributed by atoms with van der Waals surface area (Å²) in [5.41, 5.74) is 1.85. The molecular formula is C17H23NO3. The summed E-state index contributed by atoms with van der Waals surface area (Å²) < 4.78 is 5.09. The number of rotatable bonds is 5. The van der Waals surface area contributed by atoms with Crippen LogP contribution < -0.4 is 5.32 Å². The molecule has 0 heterocycles. The van der Waals surface area contributed by atoms with E-state index in [4.69, 9.17) is 4.74 Å². The van der Waals surface area contributed by atoms with Crippen molar-refractivity contribution in [3.8, 4) is 0 Å². The molecule has 114 valence electrons. The number of nitrogens with one attached hydrogen (secondary N) is 1. The maximum Gasteiger partial charge on any atom is 0.324 e. The van der Waals surface area contributed by atoms with E-state index in [0.717, 1.165) is 25.7 Å². The van der Waals surface area contributed by atoms with Crippen LogP contribution >= 0.6 is 0 Å². The average molecular weight is 289 g/mol. The first-order chi connectivity index (χ1) is 10.2. The van der Waals surface area contributed by atoms with Crippen LogP contribution in [0.25, 0.3) is 0 Å². The van der Waals surface area contributed by atoms with Crippen molar-refractivity contribution in [3.63, 3.8) is 0 Å². The smallest absolute Gasteiger partial charge is 0.324 e. The van der Waals surface area contributed by atoms with Gasteiger partial charge in [0.15, 0.2) is 0 Å². The summed E-state index contributed by atoms with van der Waals surface area (Å²) in [6.45, 7) is 1.13. The molecule has 1 fully saturated rings. The van der Waals surface area contributed by atoms with Gasteiger partial charge in [-0.05, 0) is 48.6 Å². The summed E-state index contributed by atoms with van der Waals surface area (Å²) in [5.74, 6) is -0.361. The van der Waals surface area contributed by atoms with Crippen LogP contribution in [0.15, 0.2) is 24.3 Å². The largest absolute Gasteiger partial charge is 0.480 e. The van der Waals surface area contributed by atoms with E-state index < -0.39 is 11.5 Å². The van der Waals surface area contributed by atoms with Gasteiger partial charge in [-0.3, -0.25) is 10.1 Å². The minimum atomic E-state index is -0.794. The molecule has 2 atom stereocenters. The van der Waals surface area contributed by atoms with E-state index >= 15 is 0 Å². The van der Waals surface area contributed by atoms with Gasteiger partial charge in [-0.15, -0.1) is 0 Å². The van der Waals surface area contributed by atoms with Crippen LogP contribution in [-0.4, -0.2) is 36.9 Å². The Morgan fingerprint density at radius 3 is 2.33 bits per heavy atom. The van der Waals surface area contributed by atoms with Crippen molar-refractivity contribution in [1.29, 1.82) is 0 Å². The van der Waals surface area contributed by atoms with E-state index in [2.05, 4.69) is 29.6 Å². The van der Waals surface area contributed by atoms with Crippen molar-refractivity contribution in [3.05, 3.63) is 35.4 Å². The molecule has 0 aromatic heterocycles. The van der Waals surface area contributed by atoms with Crippen molar-refractivity contribution in [2.24, 2.45) is 11.8 Å². The van der Waals surface area contributed by atoms with Crippen LogP contribution in [0.1, 0.15) is 24.0 Å².